The van der Waals surface area contributed by atoms with Crippen molar-refractivity contribution < 1.29 is 14.3 Å². The molecule has 0 atom stereocenters. The maximum absolute atomic E-state index is 12.3. The van der Waals surface area contributed by atoms with Gasteiger partial charge in [0.1, 0.15) is 16.5 Å². The second-order valence-corrected chi connectivity index (χ2v) is 8.51. The lowest BCUT2D eigenvalue weighted by Gasteiger charge is -2.23. The van der Waals surface area contributed by atoms with E-state index in [0.717, 1.165) is 42.6 Å². The van der Waals surface area contributed by atoms with E-state index in [-0.39, 0.29) is 23.0 Å². The van der Waals surface area contributed by atoms with Gasteiger partial charge in [0.2, 0.25) is 0 Å². The zero-order chi connectivity index (χ0) is 18.6. The molecule has 26 heavy (non-hydrogen) atoms. The Balaban J connectivity index is 1.67. The monoisotopic (exact) mass is 369 g/mol. The molecule has 0 radical (unpaired) electrons. The van der Waals surface area contributed by atoms with Crippen molar-refractivity contribution in [3.63, 3.8) is 0 Å². The third-order valence-corrected chi connectivity index (χ3v) is 6.36. The number of benzene rings is 1. The van der Waals surface area contributed by atoms with Gasteiger partial charge in [-0.25, -0.2) is 4.79 Å². The number of ether oxygens (including phenoxy) is 2. The Labute approximate surface area is 158 Å². The van der Waals surface area contributed by atoms with Crippen LogP contribution in [0.25, 0.3) is 4.90 Å². The largest absolute Gasteiger partial charge is 0.481 e. The molecule has 3 rings (SSSR count). The molecule has 3 nitrogen and oxygen atoms in total. The van der Waals surface area contributed by atoms with Crippen molar-refractivity contribution in [1.82, 2.24) is 0 Å². The molecule has 0 spiro atoms. The lowest BCUT2D eigenvalue weighted by molar-refractivity contribution is -0.156. The first-order valence-electron chi connectivity index (χ1n) is 9.00. The topological polar surface area (TPSA) is 35.5 Å². The van der Waals surface area contributed by atoms with Gasteiger partial charge in [0.25, 0.3) is 0 Å². The Morgan fingerprint density at radius 3 is 2.35 bits per heavy atom. The summed E-state index contributed by atoms with van der Waals surface area (Å²) >= 11 is 0. The number of rotatable bonds is 5. The van der Waals surface area contributed by atoms with E-state index in [1.165, 1.54) is 4.90 Å². The van der Waals surface area contributed by atoms with E-state index < -0.39 is 5.60 Å². The zero-order valence-electron chi connectivity index (χ0n) is 15.6. The van der Waals surface area contributed by atoms with Crippen LogP contribution in [0.5, 0.6) is 5.75 Å². The van der Waals surface area contributed by atoms with Crippen LogP contribution in [0.1, 0.15) is 43.7 Å². The fourth-order valence-electron chi connectivity index (χ4n) is 3.54. The molecule has 1 saturated carbocycles. The number of aryl methyl sites for hydroxylation is 2. The Morgan fingerprint density at radius 1 is 1.15 bits per heavy atom. The van der Waals surface area contributed by atoms with Crippen LogP contribution in [0.15, 0.2) is 35.0 Å². The molecule has 0 amide bonds. The van der Waals surface area contributed by atoms with Gasteiger partial charge in [0.05, 0.1) is 0 Å². The van der Waals surface area contributed by atoms with E-state index in [9.17, 15) is 4.79 Å². The van der Waals surface area contributed by atoms with Crippen LogP contribution in [-0.2, 0) is 9.53 Å². The second-order valence-electron chi connectivity index (χ2n) is 6.75. The van der Waals surface area contributed by atoms with Gasteiger partial charge in [0, 0.05) is 22.6 Å². The molecule has 2 aromatic rings. The smallest absolute Gasteiger partial charge is 0.345 e. The van der Waals surface area contributed by atoms with Crippen molar-refractivity contribution in [3.05, 3.63) is 46.2 Å². The summed E-state index contributed by atoms with van der Waals surface area (Å²) in [6.45, 7) is 5.74. The lowest BCUT2D eigenvalue weighted by atomic mass is 10.0. The SMILES string of the molecule is CC#CC1(OC(=O)COc2c(C)cc(-[s+]3cccc3)cc2C)CCCC1. The van der Waals surface area contributed by atoms with E-state index in [4.69, 9.17) is 9.47 Å². The predicted molar refractivity (Wildman–Crippen MR) is 106 cm³/mol. The van der Waals surface area contributed by atoms with Crippen LogP contribution in [0.2, 0.25) is 0 Å². The average Bonchev–Trinajstić information content (AvgIpc) is 3.26. The van der Waals surface area contributed by atoms with E-state index >= 15 is 0 Å². The summed E-state index contributed by atoms with van der Waals surface area (Å²) in [5.74, 6) is 6.41. The fourth-order valence-corrected chi connectivity index (χ4v) is 5.09. The molecule has 0 bridgehead atoms. The molecule has 1 aromatic carbocycles. The standard InChI is InChI=1S/C22H25O3S/c1-4-9-22(10-5-6-11-22)25-20(23)16-24-21-17(2)14-19(15-18(21)3)26-12-7-8-13-26/h7-8,12-15H,5-6,10-11,16H2,1-3H3/q+1. The first-order valence-corrected chi connectivity index (χ1v) is 10.3. The molecule has 1 fully saturated rings. The van der Waals surface area contributed by atoms with E-state index in [0.29, 0.717) is 0 Å². The van der Waals surface area contributed by atoms with Gasteiger partial charge in [-0.1, -0.05) is 5.92 Å². The van der Waals surface area contributed by atoms with E-state index in [2.05, 4.69) is 46.9 Å². The number of thiophene rings is 1. The van der Waals surface area contributed by atoms with Crippen molar-refractivity contribution in [2.45, 2.75) is 52.1 Å². The average molecular weight is 370 g/mol. The van der Waals surface area contributed by atoms with Gasteiger partial charge in [-0.05, 0) is 69.7 Å². The summed E-state index contributed by atoms with van der Waals surface area (Å²) in [7, 11) is 0.0329. The summed E-state index contributed by atoms with van der Waals surface area (Å²) in [6, 6.07) is 8.42. The van der Waals surface area contributed by atoms with Gasteiger partial charge >= 0.3 is 5.97 Å². The zero-order valence-corrected chi connectivity index (χ0v) is 16.4. The predicted octanol–water partition coefficient (Wildman–Crippen LogP) is 5.30. The Bertz CT molecular complexity index is 811. The van der Waals surface area contributed by atoms with Gasteiger partial charge in [0.15, 0.2) is 17.1 Å². The highest BCUT2D eigenvalue weighted by Crippen LogP contribution is 2.36. The van der Waals surface area contributed by atoms with Crippen molar-refractivity contribution >= 4 is 16.4 Å². The molecule has 0 aliphatic heterocycles. The van der Waals surface area contributed by atoms with Crippen LogP contribution >= 0.6 is 10.5 Å². The number of carbonyl (C=O) groups excluding carboxylic acids is 1. The minimum Gasteiger partial charge on any atom is -0.481 e. The summed E-state index contributed by atoms with van der Waals surface area (Å²) in [5.41, 5.74) is 1.47. The molecular weight excluding hydrogens is 344 g/mol. The molecule has 4 heteroatoms. The molecular formula is C22H25O3S+. The van der Waals surface area contributed by atoms with Gasteiger partial charge < -0.3 is 9.47 Å². The van der Waals surface area contributed by atoms with Crippen LogP contribution < -0.4 is 4.74 Å². The van der Waals surface area contributed by atoms with Crippen molar-refractivity contribution in [1.29, 1.82) is 0 Å². The highest BCUT2D eigenvalue weighted by molar-refractivity contribution is 7.36. The molecule has 136 valence electrons. The van der Waals surface area contributed by atoms with Gasteiger partial charge in [-0.15, -0.1) is 5.92 Å². The summed E-state index contributed by atoms with van der Waals surface area (Å²) in [5, 5.41) is 4.39. The second kappa shape index (κ2) is 7.97. The third kappa shape index (κ3) is 4.11. The number of esters is 1. The Morgan fingerprint density at radius 2 is 1.77 bits per heavy atom. The summed E-state index contributed by atoms with van der Waals surface area (Å²) in [4.78, 5) is 13.6. The number of carbonyl (C=O) groups is 1. The van der Waals surface area contributed by atoms with Crippen LogP contribution in [0.4, 0.5) is 0 Å². The molecule has 1 aliphatic carbocycles. The van der Waals surface area contributed by atoms with Gasteiger partial charge in [-0.3, -0.25) is 0 Å². The minimum absolute atomic E-state index is 0.0329. The van der Waals surface area contributed by atoms with Crippen molar-refractivity contribution in [3.8, 4) is 22.5 Å². The molecule has 1 aliphatic rings. The van der Waals surface area contributed by atoms with E-state index in [1.807, 2.05) is 13.8 Å². The van der Waals surface area contributed by atoms with Crippen LogP contribution in [-0.4, -0.2) is 18.2 Å². The summed E-state index contributed by atoms with van der Waals surface area (Å²) < 4.78 is 11.5. The Kier molecular flexibility index (Phi) is 5.68. The first kappa shape index (κ1) is 18.5. The number of hydrogen-bond donors (Lipinski definition) is 0. The van der Waals surface area contributed by atoms with E-state index in [1.54, 1.807) is 6.92 Å². The maximum atomic E-state index is 12.3. The van der Waals surface area contributed by atoms with Crippen molar-refractivity contribution in [2.75, 3.05) is 6.61 Å². The summed E-state index contributed by atoms with van der Waals surface area (Å²) in [6.07, 6.45) is 3.73. The fraction of sp³-hybridized carbons (Fsp3) is 0.409. The van der Waals surface area contributed by atoms with Crippen molar-refractivity contribution in [2.24, 2.45) is 0 Å². The van der Waals surface area contributed by atoms with Crippen LogP contribution in [0.3, 0.4) is 0 Å². The minimum atomic E-state index is -0.606. The first-order chi connectivity index (χ1) is 12.5. The molecule has 0 N–H and O–H groups in total. The van der Waals surface area contributed by atoms with Gasteiger partial charge in [-0.2, -0.15) is 0 Å². The molecule has 1 heterocycles. The quantitative estimate of drug-likeness (QED) is 0.407. The highest BCUT2D eigenvalue weighted by Gasteiger charge is 2.36. The lowest BCUT2D eigenvalue weighted by Crippen LogP contribution is -2.32. The molecule has 0 unspecified atom stereocenters. The molecule has 1 aromatic heterocycles. The maximum Gasteiger partial charge on any atom is 0.345 e. The third-order valence-electron chi connectivity index (χ3n) is 4.68. The van der Waals surface area contributed by atoms with Crippen LogP contribution in [0, 0.1) is 25.7 Å². The normalized spacial score (nSPS) is 15.2. The highest BCUT2D eigenvalue weighted by atomic mass is 32.2. The Hall–Kier alpha value is -2.25. The molecule has 0 saturated heterocycles. The number of hydrogen-bond acceptors (Lipinski definition) is 3.